The van der Waals surface area contributed by atoms with E-state index in [9.17, 15) is 0 Å². The van der Waals surface area contributed by atoms with E-state index in [0.29, 0.717) is 11.8 Å². The van der Waals surface area contributed by atoms with Crippen molar-refractivity contribution >= 4 is 0 Å². The van der Waals surface area contributed by atoms with Crippen LogP contribution in [0.25, 0.3) is 0 Å². The molecule has 2 fully saturated rings. The van der Waals surface area contributed by atoms with Crippen molar-refractivity contribution in [1.82, 2.24) is 9.13 Å². The molecule has 3 N–H and O–H groups in total. The highest BCUT2D eigenvalue weighted by atomic mass is 15.3. The normalized spacial score (nSPS) is 16.7. The van der Waals surface area contributed by atoms with Crippen LogP contribution >= 0.6 is 0 Å². The van der Waals surface area contributed by atoms with Gasteiger partial charge in [-0.05, 0) is 110 Å². The van der Waals surface area contributed by atoms with Crippen LogP contribution < -0.4 is 14.9 Å². The summed E-state index contributed by atoms with van der Waals surface area (Å²) in [6, 6.07) is 17.8. The van der Waals surface area contributed by atoms with E-state index >= 15 is 0 Å². The topological polar surface area (TPSA) is 45.3 Å². The summed E-state index contributed by atoms with van der Waals surface area (Å²) < 4.78 is 10.0. The summed E-state index contributed by atoms with van der Waals surface area (Å²) in [5.41, 5.74) is 9.24. The van der Waals surface area contributed by atoms with Gasteiger partial charge < -0.3 is 10.2 Å². The second-order valence-electron chi connectivity index (χ2n) is 18.8. The van der Waals surface area contributed by atoms with Gasteiger partial charge in [0.1, 0.15) is 37.9 Å². The number of quaternary nitrogens is 2. The molecule has 6 heteroatoms. The lowest BCUT2D eigenvalue weighted by Gasteiger charge is -2.42. The number of piperidine rings is 1. The molecular weight excluding hydrogens is 733 g/mol. The van der Waals surface area contributed by atoms with Gasteiger partial charge in [-0.2, -0.15) is 0 Å². The van der Waals surface area contributed by atoms with Gasteiger partial charge in [-0.1, -0.05) is 134 Å². The highest BCUT2D eigenvalue weighted by Crippen LogP contribution is 2.35. The number of hydrogen-bond donors (Lipinski definition) is 1. The van der Waals surface area contributed by atoms with Crippen LogP contribution in [0.1, 0.15) is 177 Å². The Hall–Kier alpha value is -3.22. The number of aromatic nitrogens is 4. The molecule has 0 bridgehead atoms. The maximum Gasteiger partial charge on any atom is 0.244 e. The molecular formula is C54H102N6+4. The standard InChI is InChI=1S/C16H32N.C15H21N2.C14H19N2.C5H13N.4CH4/c1-14(2)16-9-7-15(8-10-16)13-17(3)11-5-4-6-12-17;1-4-16-9-10-17(12-16)11-14-5-7-15(8-6-14)13(2)3;1-12(2)14-6-4-13(5-7-14)10-16-9-8-15(3)11-16;1-5(2)3-4-6;;;;/h14-16H,4-13H2,1-3H3;5-10,12-13H,4,11H2,1-3H3;4-9,11-12H,10H2,1-3H3;5H,3-4,6H2,1-2H3;4*1H4/q3*+1;;;;;/p+1. The Bertz CT molecular complexity index is 1580. The first-order valence-electron chi connectivity index (χ1n) is 22.6. The Labute approximate surface area is 374 Å². The van der Waals surface area contributed by atoms with Crippen LogP contribution in [0, 0.1) is 23.7 Å². The van der Waals surface area contributed by atoms with Crippen LogP contribution in [-0.4, -0.2) is 46.8 Å². The van der Waals surface area contributed by atoms with Crippen molar-refractivity contribution in [2.24, 2.45) is 30.7 Å². The Morgan fingerprint density at radius 2 is 1.20 bits per heavy atom. The summed E-state index contributed by atoms with van der Waals surface area (Å²) >= 11 is 0. The van der Waals surface area contributed by atoms with Crippen LogP contribution in [0.2, 0.25) is 0 Å². The average molecular weight is 835 g/mol. The molecule has 0 spiro atoms. The maximum absolute atomic E-state index is 3.73. The lowest BCUT2D eigenvalue weighted by molar-refractivity contribution is -0.917. The van der Waals surface area contributed by atoms with Gasteiger partial charge >= 0.3 is 0 Å². The zero-order valence-electron chi connectivity index (χ0n) is 38.1. The minimum absolute atomic E-state index is 0. The molecule has 0 unspecified atom stereocenters. The predicted molar refractivity (Wildman–Crippen MR) is 264 cm³/mol. The minimum Gasteiger partial charge on any atom is -0.358 e. The lowest BCUT2D eigenvalue weighted by Crippen LogP contribution is -2.51. The Kier molecular flexibility index (Phi) is 30.2. The van der Waals surface area contributed by atoms with Crippen LogP contribution in [-0.2, 0) is 26.7 Å². The molecule has 0 amide bonds. The highest BCUT2D eigenvalue weighted by molar-refractivity contribution is 5.25. The fourth-order valence-electron chi connectivity index (χ4n) is 8.28. The van der Waals surface area contributed by atoms with Gasteiger partial charge in [-0.3, -0.25) is 0 Å². The molecule has 1 saturated carbocycles. The second-order valence-corrected chi connectivity index (χ2v) is 18.8. The molecule has 6 rings (SSSR count). The van der Waals surface area contributed by atoms with Gasteiger partial charge in [-0.15, -0.1) is 0 Å². The van der Waals surface area contributed by atoms with Crippen molar-refractivity contribution in [3.05, 3.63) is 108 Å². The number of nitrogens with zero attached hydrogens (tertiary/aromatic N) is 5. The van der Waals surface area contributed by atoms with E-state index in [1.807, 2.05) is 7.05 Å². The quantitative estimate of drug-likeness (QED) is 0.109. The number of aryl methyl sites for hydroxylation is 2. The van der Waals surface area contributed by atoms with Crippen LogP contribution in [0.15, 0.2) is 86.0 Å². The van der Waals surface area contributed by atoms with Gasteiger partial charge in [0, 0.05) is 5.92 Å². The summed E-state index contributed by atoms with van der Waals surface area (Å²) in [5, 5.41) is 0. The van der Waals surface area contributed by atoms with Crippen molar-refractivity contribution in [1.29, 1.82) is 0 Å². The molecule has 6 nitrogen and oxygen atoms in total. The number of imidazole rings is 2. The van der Waals surface area contributed by atoms with Crippen molar-refractivity contribution in [2.75, 3.05) is 33.2 Å². The smallest absolute Gasteiger partial charge is 0.244 e. The molecule has 1 aliphatic carbocycles. The first kappa shape index (κ1) is 58.9. The van der Waals surface area contributed by atoms with E-state index in [1.165, 1.54) is 97.7 Å². The third kappa shape index (κ3) is 22.0. The van der Waals surface area contributed by atoms with Crippen LogP contribution in [0.3, 0.4) is 0 Å². The van der Waals surface area contributed by atoms with Crippen LogP contribution in [0.5, 0.6) is 0 Å². The lowest BCUT2D eigenvalue weighted by atomic mass is 9.76. The second kappa shape index (κ2) is 30.8. The van der Waals surface area contributed by atoms with Crippen molar-refractivity contribution in [2.45, 2.75) is 175 Å². The zero-order valence-corrected chi connectivity index (χ0v) is 38.1. The maximum atomic E-state index is 3.73. The van der Waals surface area contributed by atoms with Gasteiger partial charge in [0.05, 0.1) is 46.8 Å². The molecule has 2 aromatic carbocycles. The zero-order chi connectivity index (χ0) is 41.1. The first-order chi connectivity index (χ1) is 26.7. The van der Waals surface area contributed by atoms with E-state index < -0.39 is 0 Å². The molecule has 344 valence electrons. The Morgan fingerprint density at radius 1 is 0.683 bits per heavy atom. The summed E-state index contributed by atoms with van der Waals surface area (Å²) in [4.78, 5) is 0. The minimum atomic E-state index is 0. The van der Waals surface area contributed by atoms with Crippen molar-refractivity contribution in [3.63, 3.8) is 0 Å². The Morgan fingerprint density at radius 3 is 1.60 bits per heavy atom. The number of likely N-dealkylation sites (tertiary alicyclic amines) is 1. The number of rotatable bonds is 12. The summed E-state index contributed by atoms with van der Waals surface area (Å²) in [6.45, 7) is 28.7. The molecule has 1 aliphatic heterocycles. The molecule has 1 saturated heterocycles. The molecule has 60 heavy (non-hydrogen) atoms. The average Bonchev–Trinajstić information content (AvgIpc) is 3.81. The third-order valence-corrected chi connectivity index (χ3v) is 12.2. The first-order valence-corrected chi connectivity index (χ1v) is 22.6. The van der Waals surface area contributed by atoms with Gasteiger partial charge in [-0.25, -0.2) is 18.3 Å². The fourth-order valence-corrected chi connectivity index (χ4v) is 8.28. The van der Waals surface area contributed by atoms with Gasteiger partial charge in [0.2, 0.25) is 12.7 Å². The molecule has 0 radical (unpaired) electrons. The largest absolute Gasteiger partial charge is 0.358 e. The van der Waals surface area contributed by atoms with E-state index in [1.54, 1.807) is 0 Å². The van der Waals surface area contributed by atoms with Gasteiger partial charge in [0.15, 0.2) is 0 Å². The molecule has 3 heterocycles. The SMILES string of the molecule is C.C.C.C.CC(C)C1CCC(C[N+]2(C)CCCCC2)CC1.CC(C)CC[NH3+].CC(C)c1ccc(Cn2cc[n+](C)c2)cc1.CCn1cc[n+](Cc2ccc(C(C)C)cc2)c1. The van der Waals surface area contributed by atoms with Gasteiger partial charge in [0.25, 0.3) is 0 Å². The van der Waals surface area contributed by atoms with Crippen molar-refractivity contribution in [3.8, 4) is 0 Å². The predicted octanol–water partition coefficient (Wildman–Crippen LogP) is 12.3. The molecule has 0 atom stereocenters. The van der Waals surface area contributed by atoms with E-state index in [0.717, 1.165) is 49.9 Å². The van der Waals surface area contributed by atoms with E-state index in [4.69, 9.17) is 0 Å². The van der Waals surface area contributed by atoms with Crippen molar-refractivity contribution < 1.29 is 19.4 Å². The Balaban J connectivity index is 0. The highest BCUT2D eigenvalue weighted by Gasteiger charge is 2.31. The molecule has 2 aromatic heterocycles. The number of hydrogen-bond acceptors (Lipinski definition) is 0. The monoisotopic (exact) mass is 835 g/mol. The van der Waals surface area contributed by atoms with E-state index in [2.05, 4.69) is 179 Å². The van der Waals surface area contributed by atoms with E-state index in [-0.39, 0.29) is 29.7 Å². The molecule has 2 aliphatic rings. The summed E-state index contributed by atoms with van der Waals surface area (Å²) in [7, 11) is 4.55. The fraction of sp³-hybridized carbons (Fsp3) is 0.667. The van der Waals surface area contributed by atoms with Crippen LogP contribution in [0.4, 0.5) is 0 Å². The summed E-state index contributed by atoms with van der Waals surface area (Å²) in [6.07, 6.45) is 24.3. The molecule has 4 aromatic rings. The summed E-state index contributed by atoms with van der Waals surface area (Å²) in [5.74, 6) is 5.03. The number of benzene rings is 2. The third-order valence-electron chi connectivity index (χ3n) is 12.2.